The summed E-state index contributed by atoms with van der Waals surface area (Å²) < 4.78 is 17.4. The van der Waals surface area contributed by atoms with Crippen molar-refractivity contribution in [3.63, 3.8) is 0 Å². The van der Waals surface area contributed by atoms with Gasteiger partial charge < -0.3 is 10.5 Å². The van der Waals surface area contributed by atoms with E-state index in [1.807, 2.05) is 72.7 Å². The normalized spacial score (nSPS) is 7.75. The van der Waals surface area contributed by atoms with Crippen LogP contribution in [0.25, 0.3) is 0 Å². The number of anilines is 1. The number of aryl methyl sites for hydroxylation is 2. The van der Waals surface area contributed by atoms with Gasteiger partial charge in [-0.3, -0.25) is 0 Å². The third-order valence-electron chi connectivity index (χ3n) is 2.41. The Balaban J connectivity index is -0.000000281. The number of hydrogen-bond acceptors (Lipinski definition) is 2. The van der Waals surface area contributed by atoms with Crippen LogP contribution in [0.5, 0.6) is 5.75 Å². The van der Waals surface area contributed by atoms with Crippen LogP contribution in [0.2, 0.25) is 0 Å². The first-order valence-electron chi connectivity index (χ1n) is 8.65. The molecule has 0 saturated carbocycles. The number of benzene rings is 2. The van der Waals surface area contributed by atoms with E-state index in [1.54, 1.807) is 19.2 Å². The monoisotopic (exact) mass is 337 g/mol. The van der Waals surface area contributed by atoms with Crippen LogP contribution in [0.1, 0.15) is 52.7 Å². The predicted octanol–water partition coefficient (Wildman–Crippen LogP) is 6.80. The molecule has 0 aliphatic rings. The molecule has 3 heteroatoms. The van der Waals surface area contributed by atoms with Gasteiger partial charge in [-0.2, -0.15) is 0 Å². The van der Waals surface area contributed by atoms with Gasteiger partial charge in [0.1, 0.15) is 11.6 Å². The van der Waals surface area contributed by atoms with Crippen LogP contribution in [-0.4, -0.2) is 7.11 Å². The molecule has 0 saturated heterocycles. The molecule has 138 valence electrons. The topological polar surface area (TPSA) is 35.2 Å². The van der Waals surface area contributed by atoms with Gasteiger partial charge in [0.05, 0.1) is 12.8 Å². The first-order valence-corrected chi connectivity index (χ1v) is 8.65. The largest absolute Gasteiger partial charge is 0.497 e. The maximum atomic E-state index is 12.5. The van der Waals surface area contributed by atoms with Crippen molar-refractivity contribution in [2.75, 3.05) is 12.8 Å². The third kappa shape index (κ3) is 13.6. The molecular formula is C21H36FNO. The molecule has 2 aromatic rings. The van der Waals surface area contributed by atoms with Crippen molar-refractivity contribution >= 4 is 5.69 Å². The van der Waals surface area contributed by atoms with E-state index in [1.165, 1.54) is 11.6 Å². The molecule has 0 aliphatic carbocycles. The average molecular weight is 338 g/mol. The number of hydrogen-bond donors (Lipinski definition) is 1. The van der Waals surface area contributed by atoms with Crippen LogP contribution < -0.4 is 10.5 Å². The van der Waals surface area contributed by atoms with Gasteiger partial charge in [-0.1, -0.05) is 65.3 Å². The van der Waals surface area contributed by atoms with Crippen molar-refractivity contribution < 1.29 is 9.13 Å². The molecule has 2 N–H and O–H groups in total. The fraction of sp³-hybridized carbons (Fsp3) is 0.429. The Bertz CT molecular complexity index is 496. The van der Waals surface area contributed by atoms with Gasteiger partial charge in [0.25, 0.3) is 0 Å². The summed E-state index contributed by atoms with van der Waals surface area (Å²) in [5.41, 5.74) is 7.57. The standard InChI is InChI=1S/C8H10O.C7H8FN.3C2H6/c1-7-3-5-8(9-2)6-4-7;1-5-2-3-7(9)6(8)4-5;3*1-2/h3-6H,1-2H3;2-4H,9H2,1H3;3*1-2H3. The molecule has 2 rings (SSSR count). The Labute approximate surface area is 148 Å². The molecule has 0 unspecified atom stereocenters. The van der Waals surface area contributed by atoms with E-state index in [9.17, 15) is 4.39 Å². The second kappa shape index (κ2) is 19.0. The molecule has 24 heavy (non-hydrogen) atoms. The summed E-state index contributed by atoms with van der Waals surface area (Å²) in [5, 5.41) is 0. The quantitative estimate of drug-likeness (QED) is 0.581. The van der Waals surface area contributed by atoms with Crippen LogP contribution in [0.4, 0.5) is 10.1 Å². The van der Waals surface area contributed by atoms with Gasteiger partial charge in [-0.05, 0) is 43.7 Å². The number of halogens is 1. The highest BCUT2D eigenvalue weighted by Gasteiger charge is 1.94. The minimum atomic E-state index is -0.338. The first kappa shape index (κ1) is 26.8. The second-order valence-electron chi connectivity index (χ2n) is 4.04. The SMILES string of the molecule is CC.CC.CC.COc1ccc(C)cc1.Cc1ccc(N)c(F)c1. The third-order valence-corrected chi connectivity index (χ3v) is 2.41. The maximum Gasteiger partial charge on any atom is 0.146 e. The van der Waals surface area contributed by atoms with Gasteiger partial charge in [0.15, 0.2) is 0 Å². The summed E-state index contributed by atoms with van der Waals surface area (Å²) in [5.74, 6) is 0.579. The van der Waals surface area contributed by atoms with Gasteiger partial charge in [0, 0.05) is 0 Å². The average Bonchev–Trinajstić information content (AvgIpc) is 2.65. The molecule has 0 aliphatic heterocycles. The second-order valence-corrected chi connectivity index (χ2v) is 4.04. The van der Waals surface area contributed by atoms with Crippen molar-refractivity contribution in [2.45, 2.75) is 55.4 Å². The van der Waals surface area contributed by atoms with Crippen LogP contribution in [0.15, 0.2) is 42.5 Å². The highest BCUT2D eigenvalue weighted by Crippen LogP contribution is 2.10. The molecule has 0 atom stereocenters. The summed E-state index contributed by atoms with van der Waals surface area (Å²) in [6.45, 7) is 15.9. The van der Waals surface area contributed by atoms with Crippen molar-refractivity contribution in [3.05, 3.63) is 59.4 Å². The lowest BCUT2D eigenvalue weighted by molar-refractivity contribution is 0.414. The Morgan fingerprint density at radius 3 is 1.50 bits per heavy atom. The van der Waals surface area contributed by atoms with E-state index >= 15 is 0 Å². The zero-order chi connectivity index (χ0) is 19.5. The van der Waals surface area contributed by atoms with Crippen LogP contribution in [0, 0.1) is 19.7 Å². The van der Waals surface area contributed by atoms with E-state index < -0.39 is 0 Å². The molecule has 0 heterocycles. The van der Waals surface area contributed by atoms with Crippen LogP contribution >= 0.6 is 0 Å². The molecule has 0 aromatic heterocycles. The van der Waals surface area contributed by atoms with Crippen LogP contribution in [-0.2, 0) is 0 Å². The smallest absolute Gasteiger partial charge is 0.146 e. The van der Waals surface area contributed by atoms with Crippen molar-refractivity contribution in [1.29, 1.82) is 0 Å². The Hall–Kier alpha value is -2.03. The highest BCUT2D eigenvalue weighted by atomic mass is 19.1. The lowest BCUT2D eigenvalue weighted by Gasteiger charge is -1.97. The molecule has 2 nitrogen and oxygen atoms in total. The van der Waals surface area contributed by atoms with Crippen molar-refractivity contribution in [1.82, 2.24) is 0 Å². The summed E-state index contributed by atoms with van der Waals surface area (Å²) in [4.78, 5) is 0. The van der Waals surface area contributed by atoms with E-state index in [0.717, 1.165) is 11.3 Å². The fourth-order valence-corrected chi connectivity index (χ4v) is 1.31. The molecule has 0 fully saturated rings. The Morgan fingerprint density at radius 2 is 1.17 bits per heavy atom. The van der Waals surface area contributed by atoms with Crippen molar-refractivity contribution in [3.8, 4) is 5.75 Å². The van der Waals surface area contributed by atoms with Crippen LogP contribution in [0.3, 0.4) is 0 Å². The molecule has 0 bridgehead atoms. The minimum Gasteiger partial charge on any atom is -0.497 e. The molecule has 0 amide bonds. The Kier molecular flexibility index (Phi) is 21.3. The first-order chi connectivity index (χ1) is 11.5. The summed E-state index contributed by atoms with van der Waals surface area (Å²) >= 11 is 0. The van der Waals surface area contributed by atoms with Gasteiger partial charge in [0.2, 0.25) is 0 Å². The Morgan fingerprint density at radius 1 is 0.750 bits per heavy atom. The molecular weight excluding hydrogens is 301 g/mol. The highest BCUT2D eigenvalue weighted by molar-refractivity contribution is 5.40. The zero-order valence-corrected chi connectivity index (χ0v) is 16.9. The molecule has 2 aromatic carbocycles. The van der Waals surface area contributed by atoms with E-state index in [0.29, 0.717) is 0 Å². The summed E-state index contributed by atoms with van der Waals surface area (Å²) in [6.07, 6.45) is 0. The van der Waals surface area contributed by atoms with Crippen molar-refractivity contribution in [2.24, 2.45) is 0 Å². The summed E-state index contributed by atoms with van der Waals surface area (Å²) in [6, 6.07) is 12.7. The number of rotatable bonds is 1. The van der Waals surface area contributed by atoms with Gasteiger partial charge >= 0.3 is 0 Å². The van der Waals surface area contributed by atoms with Gasteiger partial charge in [-0.25, -0.2) is 4.39 Å². The van der Waals surface area contributed by atoms with E-state index in [-0.39, 0.29) is 11.5 Å². The number of ether oxygens (including phenoxy) is 1. The number of methoxy groups -OCH3 is 1. The molecule has 0 spiro atoms. The summed E-state index contributed by atoms with van der Waals surface area (Å²) in [7, 11) is 1.67. The zero-order valence-electron chi connectivity index (χ0n) is 16.9. The lowest BCUT2D eigenvalue weighted by atomic mass is 10.2. The molecule has 0 radical (unpaired) electrons. The maximum absolute atomic E-state index is 12.5. The number of nitrogen functional groups attached to an aromatic ring is 1. The number of nitrogens with two attached hydrogens (primary N) is 1. The fourth-order valence-electron chi connectivity index (χ4n) is 1.31. The predicted molar refractivity (Wildman–Crippen MR) is 107 cm³/mol. The van der Waals surface area contributed by atoms with Gasteiger partial charge in [-0.15, -0.1) is 0 Å². The van der Waals surface area contributed by atoms with E-state index in [4.69, 9.17) is 10.5 Å². The van der Waals surface area contributed by atoms with E-state index in [2.05, 4.69) is 6.92 Å². The lowest BCUT2D eigenvalue weighted by Crippen LogP contribution is -1.89. The minimum absolute atomic E-state index is 0.209.